The normalized spacial score (nSPS) is 10.3. The highest BCUT2D eigenvalue weighted by Crippen LogP contribution is 2.30. The molecule has 0 radical (unpaired) electrons. The van der Waals surface area contributed by atoms with Gasteiger partial charge in [0.1, 0.15) is 11.5 Å². The van der Waals surface area contributed by atoms with Crippen molar-refractivity contribution >= 4 is 23.2 Å². The average Bonchev–Trinajstić information content (AvgIpc) is 2.71. The summed E-state index contributed by atoms with van der Waals surface area (Å²) in [6.45, 7) is 4.03. The highest BCUT2D eigenvalue weighted by molar-refractivity contribution is 6.04. The Balaban J connectivity index is 1.71. The number of methoxy groups -OCH3 is 2. The van der Waals surface area contributed by atoms with Crippen molar-refractivity contribution in [3.05, 3.63) is 65.5 Å². The van der Waals surface area contributed by atoms with Crippen LogP contribution in [-0.2, 0) is 0 Å². The largest absolute Gasteiger partial charge is 0.497 e. The predicted octanol–water partition coefficient (Wildman–Crippen LogP) is 4.11. The predicted molar refractivity (Wildman–Crippen MR) is 109 cm³/mol. The van der Waals surface area contributed by atoms with Gasteiger partial charge in [0.2, 0.25) is 5.95 Å². The second-order valence-electron chi connectivity index (χ2n) is 6.24. The summed E-state index contributed by atoms with van der Waals surface area (Å²) in [6, 6.07) is 11.1. The number of rotatable bonds is 6. The molecule has 2 aromatic carbocycles. The molecule has 7 nitrogen and oxygen atoms in total. The van der Waals surface area contributed by atoms with E-state index >= 15 is 0 Å². The minimum atomic E-state index is -0.267. The second kappa shape index (κ2) is 8.39. The van der Waals surface area contributed by atoms with Crippen molar-refractivity contribution in [3.63, 3.8) is 0 Å². The summed E-state index contributed by atoms with van der Waals surface area (Å²) in [5.41, 5.74) is 4.08. The highest BCUT2D eigenvalue weighted by atomic mass is 16.5. The van der Waals surface area contributed by atoms with E-state index in [9.17, 15) is 4.79 Å². The van der Waals surface area contributed by atoms with Crippen LogP contribution in [0, 0.1) is 13.8 Å². The summed E-state index contributed by atoms with van der Waals surface area (Å²) in [5.74, 6) is 1.37. The molecule has 2 N–H and O–H groups in total. The monoisotopic (exact) mass is 378 g/mol. The number of amides is 1. The average molecular weight is 378 g/mol. The van der Waals surface area contributed by atoms with Crippen LogP contribution in [0.4, 0.5) is 17.3 Å². The molecule has 144 valence electrons. The first-order valence-electron chi connectivity index (χ1n) is 8.70. The Kier molecular flexibility index (Phi) is 5.74. The zero-order chi connectivity index (χ0) is 20.1. The molecule has 3 aromatic rings. The van der Waals surface area contributed by atoms with E-state index in [0.717, 1.165) is 11.3 Å². The van der Waals surface area contributed by atoms with Crippen LogP contribution in [0.5, 0.6) is 11.5 Å². The van der Waals surface area contributed by atoms with Gasteiger partial charge in [-0.1, -0.05) is 6.07 Å². The Morgan fingerprint density at radius 2 is 1.68 bits per heavy atom. The molecular weight excluding hydrogens is 356 g/mol. The molecule has 0 unspecified atom stereocenters. The van der Waals surface area contributed by atoms with E-state index in [0.29, 0.717) is 28.7 Å². The quantitative estimate of drug-likeness (QED) is 0.671. The zero-order valence-electron chi connectivity index (χ0n) is 16.2. The van der Waals surface area contributed by atoms with Gasteiger partial charge in [0.25, 0.3) is 5.91 Å². The van der Waals surface area contributed by atoms with Gasteiger partial charge < -0.3 is 20.1 Å². The number of carbonyl (C=O) groups is 1. The molecule has 0 spiro atoms. The third-order valence-electron chi connectivity index (χ3n) is 4.33. The number of anilines is 3. The molecule has 0 fully saturated rings. The maximum atomic E-state index is 12.4. The zero-order valence-corrected chi connectivity index (χ0v) is 16.2. The summed E-state index contributed by atoms with van der Waals surface area (Å²) in [7, 11) is 3.16. The van der Waals surface area contributed by atoms with Crippen LogP contribution in [0.3, 0.4) is 0 Å². The van der Waals surface area contributed by atoms with Crippen molar-refractivity contribution in [3.8, 4) is 11.5 Å². The molecule has 7 heteroatoms. The first kappa shape index (κ1) is 19.2. The van der Waals surface area contributed by atoms with Crippen molar-refractivity contribution < 1.29 is 14.3 Å². The van der Waals surface area contributed by atoms with Crippen molar-refractivity contribution in [2.75, 3.05) is 24.9 Å². The minimum absolute atomic E-state index is 0.267. The van der Waals surface area contributed by atoms with Crippen LogP contribution in [0.1, 0.15) is 21.5 Å². The molecule has 0 bridgehead atoms. The van der Waals surface area contributed by atoms with Crippen LogP contribution in [-0.4, -0.2) is 30.1 Å². The molecule has 0 atom stereocenters. The molecule has 0 aliphatic carbocycles. The fourth-order valence-corrected chi connectivity index (χ4v) is 2.55. The first-order chi connectivity index (χ1) is 13.5. The van der Waals surface area contributed by atoms with Crippen molar-refractivity contribution in [1.82, 2.24) is 9.97 Å². The molecule has 0 aliphatic heterocycles. The summed E-state index contributed by atoms with van der Waals surface area (Å²) in [6.07, 6.45) is 2.95. The number of nitrogens with zero attached hydrogens (tertiary/aromatic N) is 2. The Morgan fingerprint density at radius 1 is 0.929 bits per heavy atom. The lowest BCUT2D eigenvalue weighted by Gasteiger charge is -2.11. The van der Waals surface area contributed by atoms with E-state index in [-0.39, 0.29) is 5.91 Å². The van der Waals surface area contributed by atoms with E-state index in [1.54, 1.807) is 32.4 Å². The number of ether oxygens (including phenoxy) is 2. The number of hydrogen-bond donors (Lipinski definition) is 2. The van der Waals surface area contributed by atoms with Gasteiger partial charge in [-0.05, 0) is 49.2 Å². The summed E-state index contributed by atoms with van der Waals surface area (Å²) < 4.78 is 10.5. The van der Waals surface area contributed by atoms with Crippen molar-refractivity contribution in [2.24, 2.45) is 0 Å². The Morgan fingerprint density at radius 3 is 2.32 bits per heavy atom. The number of aromatic nitrogens is 2. The van der Waals surface area contributed by atoms with Crippen LogP contribution in [0.15, 0.2) is 48.8 Å². The van der Waals surface area contributed by atoms with Gasteiger partial charge in [-0.25, -0.2) is 9.97 Å². The van der Waals surface area contributed by atoms with Gasteiger partial charge in [-0.3, -0.25) is 4.79 Å². The van der Waals surface area contributed by atoms with Gasteiger partial charge in [0, 0.05) is 24.1 Å². The van der Waals surface area contributed by atoms with E-state index in [1.165, 1.54) is 18.0 Å². The van der Waals surface area contributed by atoms with E-state index < -0.39 is 0 Å². The molecule has 28 heavy (non-hydrogen) atoms. The number of hydrogen-bond acceptors (Lipinski definition) is 6. The van der Waals surface area contributed by atoms with Crippen molar-refractivity contribution in [1.29, 1.82) is 0 Å². The number of aryl methyl sites for hydroxylation is 2. The van der Waals surface area contributed by atoms with E-state index in [4.69, 9.17) is 9.47 Å². The Labute approximate surface area is 163 Å². The van der Waals surface area contributed by atoms with Crippen LogP contribution in [0.25, 0.3) is 0 Å². The Hall–Kier alpha value is -3.61. The summed E-state index contributed by atoms with van der Waals surface area (Å²) in [5, 5.41) is 5.92. The molecule has 0 saturated carbocycles. The smallest absolute Gasteiger partial charge is 0.258 e. The molecular formula is C21H22N4O3. The molecule has 3 rings (SSSR count). The molecule has 0 saturated heterocycles. The van der Waals surface area contributed by atoms with Gasteiger partial charge >= 0.3 is 0 Å². The Bertz CT molecular complexity index is 987. The first-order valence-corrected chi connectivity index (χ1v) is 8.70. The van der Waals surface area contributed by atoms with Gasteiger partial charge in [0.05, 0.1) is 25.5 Å². The van der Waals surface area contributed by atoms with Crippen LogP contribution >= 0.6 is 0 Å². The second-order valence-corrected chi connectivity index (χ2v) is 6.24. The third-order valence-corrected chi connectivity index (χ3v) is 4.33. The number of carbonyl (C=O) groups excluding carboxylic acids is 1. The molecule has 1 amide bonds. The number of nitrogens with one attached hydrogen (secondary N) is 2. The fraction of sp³-hybridized carbons (Fsp3) is 0.190. The standard InChI is InChI=1S/C21H22N4O3/c1-13-5-6-16(9-14(13)2)24-20(26)15-11-22-21(23-12-15)25-18-8-7-17(27-3)10-19(18)28-4/h5-12H,1-4H3,(H,24,26)(H,22,23,25). The minimum Gasteiger partial charge on any atom is -0.497 e. The maximum absolute atomic E-state index is 12.4. The molecule has 0 aliphatic rings. The van der Waals surface area contributed by atoms with E-state index in [1.807, 2.05) is 32.0 Å². The topological polar surface area (TPSA) is 85.4 Å². The van der Waals surface area contributed by atoms with Gasteiger partial charge in [0.15, 0.2) is 0 Å². The molecule has 1 heterocycles. The lowest BCUT2D eigenvalue weighted by atomic mass is 10.1. The highest BCUT2D eigenvalue weighted by Gasteiger charge is 2.10. The van der Waals surface area contributed by atoms with Crippen LogP contribution in [0.2, 0.25) is 0 Å². The van der Waals surface area contributed by atoms with Gasteiger partial charge in [-0.15, -0.1) is 0 Å². The van der Waals surface area contributed by atoms with E-state index in [2.05, 4.69) is 20.6 Å². The van der Waals surface area contributed by atoms with Crippen LogP contribution < -0.4 is 20.1 Å². The lowest BCUT2D eigenvalue weighted by molar-refractivity contribution is 0.102. The molecule has 1 aromatic heterocycles. The SMILES string of the molecule is COc1ccc(Nc2ncc(C(=O)Nc3ccc(C)c(C)c3)cn2)c(OC)c1. The summed E-state index contributed by atoms with van der Waals surface area (Å²) in [4.78, 5) is 20.8. The fourth-order valence-electron chi connectivity index (χ4n) is 2.55. The van der Waals surface area contributed by atoms with Crippen molar-refractivity contribution in [2.45, 2.75) is 13.8 Å². The maximum Gasteiger partial charge on any atom is 0.258 e. The summed E-state index contributed by atoms with van der Waals surface area (Å²) >= 11 is 0. The van der Waals surface area contributed by atoms with Gasteiger partial charge in [-0.2, -0.15) is 0 Å². The third kappa shape index (κ3) is 4.37. The number of benzene rings is 2. The lowest BCUT2D eigenvalue weighted by Crippen LogP contribution is -2.13.